The van der Waals surface area contributed by atoms with Gasteiger partial charge in [-0.25, -0.2) is 0 Å². The minimum atomic E-state index is 0.687. The molecule has 0 amide bonds. The molecule has 4 nitrogen and oxygen atoms in total. The van der Waals surface area contributed by atoms with E-state index in [0.717, 1.165) is 28.2 Å². The molecular formula is C16H14N2O2. The van der Waals surface area contributed by atoms with Crippen LogP contribution in [0.2, 0.25) is 0 Å². The van der Waals surface area contributed by atoms with E-state index in [-0.39, 0.29) is 0 Å². The van der Waals surface area contributed by atoms with Crippen LogP contribution in [0.5, 0.6) is 17.2 Å². The number of fused-ring (bicyclic) bond motifs is 1. The van der Waals surface area contributed by atoms with Crippen molar-refractivity contribution in [2.45, 2.75) is 0 Å². The highest BCUT2D eigenvalue weighted by Crippen LogP contribution is 2.30. The van der Waals surface area contributed by atoms with Crippen LogP contribution in [0.25, 0.3) is 10.9 Å². The van der Waals surface area contributed by atoms with Crippen molar-refractivity contribution in [3.63, 3.8) is 0 Å². The maximum Gasteiger partial charge on any atom is 0.138 e. The Kier molecular flexibility index (Phi) is 3.13. The summed E-state index contributed by atoms with van der Waals surface area (Å²) in [4.78, 5) is 4.29. The van der Waals surface area contributed by atoms with Crippen LogP contribution in [-0.2, 0) is 0 Å². The number of hydrogen-bond donors (Lipinski definition) is 1. The maximum absolute atomic E-state index is 5.89. The molecule has 1 aromatic heterocycles. The second-order valence-corrected chi connectivity index (χ2v) is 4.36. The van der Waals surface area contributed by atoms with Crippen LogP contribution in [0.4, 0.5) is 5.69 Å². The number of methoxy groups -OCH3 is 1. The Bertz CT molecular complexity index is 739. The van der Waals surface area contributed by atoms with E-state index in [1.54, 1.807) is 13.3 Å². The van der Waals surface area contributed by atoms with Gasteiger partial charge in [-0.2, -0.15) is 0 Å². The van der Waals surface area contributed by atoms with E-state index in [0.29, 0.717) is 5.69 Å². The molecule has 0 aliphatic carbocycles. The lowest BCUT2D eigenvalue weighted by molar-refractivity contribution is 0.413. The summed E-state index contributed by atoms with van der Waals surface area (Å²) >= 11 is 0. The fraction of sp³-hybridized carbons (Fsp3) is 0.0625. The zero-order valence-electron chi connectivity index (χ0n) is 11.0. The highest BCUT2D eigenvalue weighted by molar-refractivity contribution is 5.87. The maximum atomic E-state index is 5.89. The molecular weight excluding hydrogens is 252 g/mol. The number of pyridine rings is 1. The van der Waals surface area contributed by atoms with Crippen LogP contribution in [0.3, 0.4) is 0 Å². The number of nitrogen functional groups attached to an aromatic ring is 1. The van der Waals surface area contributed by atoms with Crippen molar-refractivity contribution in [1.82, 2.24) is 4.98 Å². The lowest BCUT2D eigenvalue weighted by atomic mass is 10.2. The molecule has 20 heavy (non-hydrogen) atoms. The van der Waals surface area contributed by atoms with Crippen LogP contribution in [0.1, 0.15) is 0 Å². The lowest BCUT2D eigenvalue weighted by Gasteiger charge is -2.09. The molecule has 1 heterocycles. The van der Waals surface area contributed by atoms with E-state index in [4.69, 9.17) is 15.2 Å². The summed E-state index contributed by atoms with van der Waals surface area (Å²) < 4.78 is 11.0. The zero-order chi connectivity index (χ0) is 13.9. The Hall–Kier alpha value is -2.75. The number of anilines is 1. The van der Waals surface area contributed by atoms with Crippen molar-refractivity contribution in [2.24, 2.45) is 0 Å². The first-order valence-electron chi connectivity index (χ1n) is 6.22. The molecule has 0 fully saturated rings. The van der Waals surface area contributed by atoms with Crippen molar-refractivity contribution >= 4 is 16.6 Å². The van der Waals surface area contributed by atoms with Crippen LogP contribution in [0.15, 0.2) is 54.7 Å². The largest absolute Gasteiger partial charge is 0.497 e. The Balaban J connectivity index is 1.97. The van der Waals surface area contributed by atoms with Gasteiger partial charge in [0.05, 0.1) is 12.6 Å². The van der Waals surface area contributed by atoms with Crippen LogP contribution >= 0.6 is 0 Å². The van der Waals surface area contributed by atoms with Crippen LogP contribution in [-0.4, -0.2) is 12.1 Å². The first-order valence-corrected chi connectivity index (χ1v) is 6.22. The van der Waals surface area contributed by atoms with Gasteiger partial charge in [-0.15, -0.1) is 0 Å². The van der Waals surface area contributed by atoms with Crippen LogP contribution in [0, 0.1) is 0 Å². The lowest BCUT2D eigenvalue weighted by Crippen LogP contribution is -1.90. The number of aromatic nitrogens is 1. The van der Waals surface area contributed by atoms with E-state index in [1.165, 1.54) is 0 Å². The van der Waals surface area contributed by atoms with Crippen LogP contribution < -0.4 is 15.2 Å². The summed E-state index contributed by atoms with van der Waals surface area (Å²) in [6.07, 6.45) is 1.71. The first-order chi connectivity index (χ1) is 9.76. The second kappa shape index (κ2) is 5.09. The Labute approximate surface area is 116 Å². The standard InChI is InChI=1S/C16H14N2O2/c1-19-12-3-5-13(6-4-12)20-16-8-9-18-15-10-11(17)2-7-14(15)16/h2-10H,17H2,1H3. The van der Waals surface area contributed by atoms with Gasteiger partial charge in [0.1, 0.15) is 17.2 Å². The molecule has 0 saturated carbocycles. The van der Waals surface area contributed by atoms with Gasteiger partial charge >= 0.3 is 0 Å². The van der Waals surface area contributed by atoms with Gasteiger partial charge in [0.2, 0.25) is 0 Å². The molecule has 0 atom stereocenters. The summed E-state index contributed by atoms with van der Waals surface area (Å²) in [6.45, 7) is 0. The molecule has 0 unspecified atom stereocenters. The molecule has 2 N–H and O–H groups in total. The minimum Gasteiger partial charge on any atom is -0.497 e. The average molecular weight is 266 g/mol. The van der Waals surface area contributed by atoms with Gasteiger partial charge in [-0.05, 0) is 48.5 Å². The van der Waals surface area contributed by atoms with Crippen molar-refractivity contribution in [2.75, 3.05) is 12.8 Å². The fourth-order valence-corrected chi connectivity index (χ4v) is 2.00. The molecule has 2 aromatic carbocycles. The number of ether oxygens (including phenoxy) is 2. The number of nitrogens with zero attached hydrogens (tertiary/aromatic N) is 1. The number of nitrogens with two attached hydrogens (primary N) is 1. The normalized spacial score (nSPS) is 10.4. The van der Waals surface area contributed by atoms with E-state index < -0.39 is 0 Å². The van der Waals surface area contributed by atoms with Gasteiger partial charge in [0, 0.05) is 17.3 Å². The summed E-state index contributed by atoms with van der Waals surface area (Å²) in [5, 5.41) is 0.928. The highest BCUT2D eigenvalue weighted by atomic mass is 16.5. The molecule has 0 aliphatic heterocycles. The molecule has 100 valence electrons. The third kappa shape index (κ3) is 2.36. The average Bonchev–Trinajstić information content (AvgIpc) is 2.48. The number of rotatable bonds is 3. The predicted octanol–water partition coefficient (Wildman–Crippen LogP) is 3.62. The molecule has 0 saturated heterocycles. The SMILES string of the molecule is COc1ccc(Oc2ccnc3cc(N)ccc23)cc1. The van der Waals surface area contributed by atoms with Crippen molar-refractivity contribution in [3.8, 4) is 17.2 Å². The molecule has 3 aromatic rings. The Morgan fingerprint density at radius 1 is 0.950 bits per heavy atom. The number of hydrogen-bond acceptors (Lipinski definition) is 4. The quantitative estimate of drug-likeness (QED) is 0.736. The minimum absolute atomic E-state index is 0.687. The van der Waals surface area contributed by atoms with Crippen molar-refractivity contribution in [3.05, 3.63) is 54.7 Å². The summed E-state index contributed by atoms with van der Waals surface area (Å²) in [5.41, 5.74) is 7.27. The van der Waals surface area contributed by atoms with Gasteiger partial charge in [-0.3, -0.25) is 4.98 Å². The van der Waals surface area contributed by atoms with Gasteiger partial charge in [-0.1, -0.05) is 0 Å². The number of benzene rings is 2. The Morgan fingerprint density at radius 3 is 2.45 bits per heavy atom. The van der Waals surface area contributed by atoms with Crippen molar-refractivity contribution in [1.29, 1.82) is 0 Å². The van der Waals surface area contributed by atoms with E-state index in [1.807, 2.05) is 48.5 Å². The van der Waals surface area contributed by atoms with Gasteiger partial charge in [0.15, 0.2) is 0 Å². The second-order valence-electron chi connectivity index (χ2n) is 4.36. The van der Waals surface area contributed by atoms with Gasteiger partial charge < -0.3 is 15.2 Å². The zero-order valence-corrected chi connectivity index (χ0v) is 11.0. The van der Waals surface area contributed by atoms with E-state index >= 15 is 0 Å². The van der Waals surface area contributed by atoms with Crippen molar-refractivity contribution < 1.29 is 9.47 Å². The molecule has 4 heteroatoms. The predicted molar refractivity (Wildman–Crippen MR) is 79.2 cm³/mol. The molecule has 0 aliphatic rings. The summed E-state index contributed by atoms with van der Waals surface area (Å²) in [6, 6.07) is 14.9. The Morgan fingerprint density at radius 2 is 1.70 bits per heavy atom. The van der Waals surface area contributed by atoms with E-state index in [2.05, 4.69) is 4.98 Å². The highest BCUT2D eigenvalue weighted by Gasteiger charge is 2.05. The first kappa shape index (κ1) is 12.3. The van der Waals surface area contributed by atoms with Gasteiger partial charge in [0.25, 0.3) is 0 Å². The summed E-state index contributed by atoms with van der Waals surface area (Å²) in [5.74, 6) is 2.29. The molecule has 0 spiro atoms. The van der Waals surface area contributed by atoms with E-state index in [9.17, 15) is 0 Å². The molecule has 0 radical (unpaired) electrons. The molecule has 0 bridgehead atoms. The molecule has 3 rings (SSSR count). The third-order valence-electron chi connectivity index (χ3n) is 3.01. The topological polar surface area (TPSA) is 57.4 Å². The fourth-order valence-electron chi connectivity index (χ4n) is 2.00. The monoisotopic (exact) mass is 266 g/mol. The summed E-state index contributed by atoms with van der Waals surface area (Å²) in [7, 11) is 1.64. The smallest absolute Gasteiger partial charge is 0.138 e. The third-order valence-corrected chi connectivity index (χ3v) is 3.01.